The van der Waals surface area contributed by atoms with E-state index in [0.29, 0.717) is 0 Å². The molecule has 2 saturated heterocycles. The summed E-state index contributed by atoms with van der Waals surface area (Å²) in [6.45, 7) is 0.505. The van der Waals surface area contributed by atoms with Gasteiger partial charge in [0.15, 0.2) is 9.84 Å². The lowest BCUT2D eigenvalue weighted by Gasteiger charge is -2.43. The molecule has 2 heterocycles. The highest BCUT2D eigenvalue weighted by molar-refractivity contribution is 7.91. The third-order valence-electron chi connectivity index (χ3n) is 4.35. The summed E-state index contributed by atoms with van der Waals surface area (Å²) in [5.41, 5.74) is 0. The summed E-state index contributed by atoms with van der Waals surface area (Å²) in [6.07, 6.45) is -6.55. The molecule has 2 aliphatic heterocycles. The highest BCUT2D eigenvalue weighted by atomic mass is 32.2. The zero-order chi connectivity index (χ0) is 18.1. The lowest BCUT2D eigenvalue weighted by molar-refractivity contribution is -0.152. The molecule has 1 amide bonds. The van der Waals surface area contributed by atoms with E-state index in [-0.39, 0.29) is 37.6 Å². The Bertz CT molecular complexity index is 607. The van der Waals surface area contributed by atoms with Crippen LogP contribution in [0.2, 0.25) is 0 Å². The van der Waals surface area contributed by atoms with Crippen molar-refractivity contribution in [3.63, 3.8) is 0 Å². The van der Waals surface area contributed by atoms with Gasteiger partial charge in [-0.3, -0.25) is 14.5 Å². The molecular formula is C13H19F3N2O5S. The summed E-state index contributed by atoms with van der Waals surface area (Å²) in [5, 5.41) is 8.76. The Kier molecular flexibility index (Phi) is 5.43. The number of carboxylic acids is 1. The maximum atomic E-state index is 12.3. The zero-order valence-corrected chi connectivity index (χ0v) is 13.6. The van der Waals surface area contributed by atoms with Gasteiger partial charge in [0, 0.05) is 32.1 Å². The molecule has 138 valence electrons. The van der Waals surface area contributed by atoms with E-state index < -0.39 is 52.8 Å². The molecule has 11 heteroatoms. The fraction of sp³-hybridized carbons (Fsp3) is 0.846. The van der Waals surface area contributed by atoms with Crippen molar-refractivity contribution in [3.8, 4) is 0 Å². The summed E-state index contributed by atoms with van der Waals surface area (Å²) in [7, 11) is -3.42. The van der Waals surface area contributed by atoms with Crippen molar-refractivity contribution in [3.05, 3.63) is 0 Å². The third-order valence-corrected chi connectivity index (χ3v) is 6.05. The third kappa shape index (κ3) is 4.82. The number of nitrogens with zero attached hydrogens (tertiary/aromatic N) is 2. The highest BCUT2D eigenvalue weighted by Gasteiger charge is 2.48. The molecule has 0 unspecified atom stereocenters. The number of aliphatic carboxylic acids is 1. The number of halogens is 3. The van der Waals surface area contributed by atoms with Crippen LogP contribution < -0.4 is 0 Å². The van der Waals surface area contributed by atoms with Gasteiger partial charge in [0.05, 0.1) is 30.4 Å². The molecule has 2 rings (SSSR count). The first-order chi connectivity index (χ1) is 11.0. The standard InChI is InChI=1S/C13H19F3N2O5S/c14-13(15,16)3-1-11(19)18-6-5-17(4-2-12(20)21)9-7-24(22,23)8-10(9)18/h9-10H,1-8H2,(H,20,21)/t9-,10+/m1/s1. The average Bonchev–Trinajstić information content (AvgIpc) is 2.76. The van der Waals surface area contributed by atoms with Gasteiger partial charge in [0.2, 0.25) is 5.91 Å². The van der Waals surface area contributed by atoms with Crippen LogP contribution in [0.4, 0.5) is 13.2 Å². The van der Waals surface area contributed by atoms with Crippen molar-refractivity contribution < 1.29 is 36.3 Å². The monoisotopic (exact) mass is 372 g/mol. The van der Waals surface area contributed by atoms with Gasteiger partial charge in [0.1, 0.15) is 0 Å². The average molecular weight is 372 g/mol. The number of fused-ring (bicyclic) bond motifs is 1. The van der Waals surface area contributed by atoms with Crippen LogP contribution in [-0.4, -0.2) is 84.6 Å². The molecule has 0 aromatic carbocycles. The van der Waals surface area contributed by atoms with Gasteiger partial charge >= 0.3 is 12.1 Å². The fourth-order valence-corrected chi connectivity index (χ4v) is 5.26. The topological polar surface area (TPSA) is 95.0 Å². The van der Waals surface area contributed by atoms with Gasteiger partial charge in [-0.1, -0.05) is 0 Å². The number of alkyl halides is 3. The molecule has 2 atom stereocenters. The van der Waals surface area contributed by atoms with Gasteiger partial charge in [-0.05, 0) is 0 Å². The first-order valence-corrected chi connectivity index (χ1v) is 9.33. The van der Waals surface area contributed by atoms with E-state index in [2.05, 4.69) is 0 Å². The second-order valence-electron chi connectivity index (χ2n) is 6.09. The number of sulfone groups is 1. The number of piperazine rings is 1. The smallest absolute Gasteiger partial charge is 0.389 e. The molecule has 1 N–H and O–H groups in total. The first-order valence-electron chi connectivity index (χ1n) is 7.51. The number of carbonyl (C=O) groups is 2. The molecule has 0 aliphatic carbocycles. The minimum absolute atomic E-state index is 0.104. The van der Waals surface area contributed by atoms with Crippen LogP contribution in [0, 0.1) is 0 Å². The van der Waals surface area contributed by atoms with Gasteiger partial charge < -0.3 is 10.0 Å². The molecular weight excluding hydrogens is 353 g/mol. The largest absolute Gasteiger partial charge is 0.481 e. The molecule has 2 aliphatic rings. The number of carboxylic acid groups (broad SMARTS) is 1. The molecule has 0 bridgehead atoms. The minimum Gasteiger partial charge on any atom is -0.481 e. The SMILES string of the molecule is O=C(O)CCN1CCN(C(=O)CCC(F)(F)F)[C@H]2CS(=O)(=O)C[C@H]21. The number of hydrogen-bond acceptors (Lipinski definition) is 5. The van der Waals surface area contributed by atoms with Crippen molar-refractivity contribution in [1.82, 2.24) is 9.80 Å². The fourth-order valence-electron chi connectivity index (χ4n) is 3.24. The van der Waals surface area contributed by atoms with E-state index in [1.165, 1.54) is 4.90 Å². The molecule has 0 spiro atoms. The quantitative estimate of drug-likeness (QED) is 0.736. The first kappa shape index (κ1) is 19.0. The van der Waals surface area contributed by atoms with Crippen molar-refractivity contribution in [2.45, 2.75) is 37.5 Å². The summed E-state index contributed by atoms with van der Waals surface area (Å²) < 4.78 is 60.7. The maximum absolute atomic E-state index is 12.3. The molecule has 0 saturated carbocycles. The van der Waals surface area contributed by atoms with Crippen LogP contribution in [0.15, 0.2) is 0 Å². The Morgan fingerprint density at radius 1 is 1.08 bits per heavy atom. The number of hydrogen-bond donors (Lipinski definition) is 1. The zero-order valence-electron chi connectivity index (χ0n) is 12.8. The Morgan fingerprint density at radius 3 is 2.29 bits per heavy atom. The van der Waals surface area contributed by atoms with Gasteiger partial charge in [0.25, 0.3) is 0 Å². The van der Waals surface area contributed by atoms with Crippen molar-refractivity contribution in [2.24, 2.45) is 0 Å². The van der Waals surface area contributed by atoms with Crippen LogP contribution in [0.3, 0.4) is 0 Å². The highest BCUT2D eigenvalue weighted by Crippen LogP contribution is 2.29. The van der Waals surface area contributed by atoms with Crippen molar-refractivity contribution >= 4 is 21.7 Å². The molecule has 0 aromatic heterocycles. The van der Waals surface area contributed by atoms with Gasteiger partial charge in [-0.25, -0.2) is 8.42 Å². The number of rotatable bonds is 5. The van der Waals surface area contributed by atoms with Gasteiger partial charge in [-0.2, -0.15) is 13.2 Å². The Balaban J connectivity index is 2.08. The number of amides is 1. The predicted molar refractivity (Wildman–Crippen MR) is 77.1 cm³/mol. The Hall–Kier alpha value is -1.36. The van der Waals surface area contributed by atoms with Crippen molar-refractivity contribution in [1.29, 1.82) is 0 Å². The van der Waals surface area contributed by atoms with Gasteiger partial charge in [-0.15, -0.1) is 0 Å². The van der Waals surface area contributed by atoms with E-state index in [4.69, 9.17) is 5.11 Å². The lowest BCUT2D eigenvalue weighted by Crippen LogP contribution is -2.60. The summed E-state index contributed by atoms with van der Waals surface area (Å²) in [5.74, 6) is -2.23. The lowest BCUT2D eigenvalue weighted by atomic mass is 10.0. The van der Waals surface area contributed by atoms with E-state index in [9.17, 15) is 31.2 Å². The normalized spacial score (nSPS) is 27.0. The van der Waals surface area contributed by atoms with Crippen LogP contribution in [0.5, 0.6) is 0 Å². The number of carbonyl (C=O) groups excluding carboxylic acids is 1. The molecule has 7 nitrogen and oxygen atoms in total. The van der Waals surface area contributed by atoms with Crippen LogP contribution in [-0.2, 0) is 19.4 Å². The maximum Gasteiger partial charge on any atom is 0.389 e. The van der Waals surface area contributed by atoms with E-state index in [1.54, 1.807) is 4.90 Å². The summed E-state index contributed by atoms with van der Waals surface area (Å²) in [4.78, 5) is 25.7. The molecule has 24 heavy (non-hydrogen) atoms. The minimum atomic E-state index is -4.44. The van der Waals surface area contributed by atoms with Crippen LogP contribution in [0.1, 0.15) is 19.3 Å². The summed E-state index contributed by atoms with van der Waals surface area (Å²) >= 11 is 0. The second kappa shape index (κ2) is 6.87. The molecule has 0 radical (unpaired) electrons. The van der Waals surface area contributed by atoms with Crippen LogP contribution >= 0.6 is 0 Å². The molecule has 2 fully saturated rings. The molecule has 0 aromatic rings. The Morgan fingerprint density at radius 2 is 1.71 bits per heavy atom. The van der Waals surface area contributed by atoms with E-state index >= 15 is 0 Å². The Labute approximate surface area is 137 Å². The van der Waals surface area contributed by atoms with E-state index in [0.717, 1.165) is 0 Å². The van der Waals surface area contributed by atoms with Crippen LogP contribution in [0.25, 0.3) is 0 Å². The summed E-state index contributed by atoms with van der Waals surface area (Å²) in [6, 6.07) is -1.27. The second-order valence-corrected chi connectivity index (χ2v) is 8.25. The van der Waals surface area contributed by atoms with Crippen molar-refractivity contribution in [2.75, 3.05) is 31.1 Å². The predicted octanol–water partition coefficient (Wildman–Crippen LogP) is 0.113. The van der Waals surface area contributed by atoms with E-state index in [1.807, 2.05) is 0 Å².